The van der Waals surface area contributed by atoms with Crippen LogP contribution in [0.15, 0.2) is 0 Å². The number of hydrogen-bond donors (Lipinski definition) is 0. The van der Waals surface area contributed by atoms with E-state index in [1.165, 1.54) is 51.7 Å². The monoisotopic (exact) mass is 250 g/mol. The van der Waals surface area contributed by atoms with Crippen LogP contribution in [0.2, 0.25) is 0 Å². The van der Waals surface area contributed by atoms with Gasteiger partial charge in [-0.1, -0.05) is 20.3 Å². The predicted molar refractivity (Wildman–Crippen MR) is 76.7 cm³/mol. The summed E-state index contributed by atoms with van der Waals surface area (Å²) in [7, 11) is 0. The van der Waals surface area contributed by atoms with Crippen molar-refractivity contribution in [2.24, 2.45) is 11.8 Å². The average molecular weight is 250 g/mol. The molecule has 0 bridgehead atoms. The fourth-order valence-electron chi connectivity index (χ4n) is 4.64. The molecule has 0 radical (unpaired) electrons. The van der Waals surface area contributed by atoms with Gasteiger partial charge in [0.05, 0.1) is 0 Å². The van der Waals surface area contributed by atoms with Gasteiger partial charge in [0.25, 0.3) is 0 Å². The third-order valence-electron chi connectivity index (χ3n) is 6.08. The fraction of sp³-hybridized carbons (Fsp3) is 1.00. The molecule has 0 N–H and O–H groups in total. The lowest BCUT2D eigenvalue weighted by Crippen LogP contribution is -2.61. The smallest absolute Gasteiger partial charge is 0.0224 e. The van der Waals surface area contributed by atoms with Gasteiger partial charge in [-0.25, -0.2) is 0 Å². The molecule has 0 aromatic heterocycles. The number of piperidine rings is 1. The van der Waals surface area contributed by atoms with E-state index >= 15 is 0 Å². The van der Waals surface area contributed by atoms with Crippen molar-refractivity contribution in [1.29, 1.82) is 0 Å². The van der Waals surface area contributed by atoms with Crippen LogP contribution in [0.25, 0.3) is 0 Å². The van der Waals surface area contributed by atoms with Crippen LogP contribution in [0.1, 0.15) is 52.9 Å². The van der Waals surface area contributed by atoms with E-state index in [4.69, 9.17) is 0 Å². The second-order valence-electron chi connectivity index (χ2n) is 7.17. The lowest BCUT2D eigenvalue weighted by molar-refractivity contribution is -0.0166. The summed E-state index contributed by atoms with van der Waals surface area (Å²) in [6, 6.07) is 2.52. The van der Waals surface area contributed by atoms with Crippen LogP contribution in [-0.4, -0.2) is 47.6 Å². The van der Waals surface area contributed by atoms with Gasteiger partial charge < -0.3 is 0 Å². The molecule has 0 amide bonds. The topological polar surface area (TPSA) is 6.48 Å². The highest BCUT2D eigenvalue weighted by Gasteiger charge is 2.41. The quantitative estimate of drug-likeness (QED) is 0.706. The zero-order chi connectivity index (χ0) is 12.7. The average Bonchev–Trinajstić information content (AvgIpc) is 2.69. The van der Waals surface area contributed by atoms with Crippen molar-refractivity contribution in [3.05, 3.63) is 0 Å². The molecule has 1 aliphatic carbocycles. The first kappa shape index (κ1) is 12.9. The van der Waals surface area contributed by atoms with Crippen molar-refractivity contribution < 1.29 is 0 Å². The van der Waals surface area contributed by atoms with E-state index in [0.29, 0.717) is 0 Å². The summed E-state index contributed by atoms with van der Waals surface area (Å²) in [5.41, 5.74) is 0. The van der Waals surface area contributed by atoms with E-state index in [1.807, 2.05) is 0 Å². The van der Waals surface area contributed by atoms with Crippen LogP contribution in [0.3, 0.4) is 0 Å². The van der Waals surface area contributed by atoms with Gasteiger partial charge in [0, 0.05) is 31.2 Å². The summed E-state index contributed by atoms with van der Waals surface area (Å²) in [5.74, 6) is 1.84. The van der Waals surface area contributed by atoms with Crippen molar-refractivity contribution in [3.8, 4) is 0 Å². The molecule has 104 valence electrons. The lowest BCUT2D eigenvalue weighted by atomic mass is 9.92. The van der Waals surface area contributed by atoms with Gasteiger partial charge in [-0.2, -0.15) is 0 Å². The molecular weight excluding hydrogens is 220 g/mol. The Labute approximate surface area is 113 Å². The molecule has 2 nitrogen and oxygen atoms in total. The molecule has 1 saturated carbocycles. The Balaban J connectivity index is 1.69. The molecule has 0 aromatic rings. The highest BCUT2D eigenvalue weighted by Crippen LogP contribution is 2.37. The maximum atomic E-state index is 2.88. The van der Waals surface area contributed by atoms with Gasteiger partial charge in [0.2, 0.25) is 0 Å². The summed E-state index contributed by atoms with van der Waals surface area (Å²) in [5, 5.41) is 0. The molecule has 2 saturated heterocycles. The van der Waals surface area contributed by atoms with Crippen LogP contribution < -0.4 is 0 Å². The van der Waals surface area contributed by atoms with Crippen molar-refractivity contribution in [1.82, 2.24) is 9.80 Å². The van der Waals surface area contributed by atoms with Crippen molar-refractivity contribution in [2.45, 2.75) is 71.0 Å². The molecule has 2 heteroatoms. The Bertz CT molecular complexity index is 291. The first-order valence-electron chi connectivity index (χ1n) is 8.16. The Kier molecular flexibility index (Phi) is 3.68. The van der Waals surface area contributed by atoms with E-state index in [0.717, 1.165) is 30.0 Å². The van der Waals surface area contributed by atoms with Gasteiger partial charge in [-0.3, -0.25) is 9.80 Å². The number of piperazine rings is 1. The van der Waals surface area contributed by atoms with E-state index in [9.17, 15) is 0 Å². The van der Waals surface area contributed by atoms with E-state index in [-0.39, 0.29) is 0 Å². The van der Waals surface area contributed by atoms with Crippen LogP contribution >= 0.6 is 0 Å². The SMILES string of the molecule is CC1CCC(N2CC3CCCCN3CC2C)C1C. The predicted octanol–water partition coefficient (Wildman–Crippen LogP) is 2.98. The molecule has 2 heterocycles. The molecule has 3 fully saturated rings. The Morgan fingerprint density at radius 2 is 1.72 bits per heavy atom. The minimum Gasteiger partial charge on any atom is -0.298 e. The summed E-state index contributed by atoms with van der Waals surface area (Å²) in [4.78, 5) is 5.65. The lowest BCUT2D eigenvalue weighted by Gasteiger charge is -2.50. The normalized spacial score (nSPS) is 47.2. The van der Waals surface area contributed by atoms with Crippen LogP contribution in [-0.2, 0) is 0 Å². The van der Waals surface area contributed by atoms with Gasteiger partial charge in [-0.05, 0) is 51.0 Å². The van der Waals surface area contributed by atoms with Crippen LogP contribution in [0.5, 0.6) is 0 Å². The van der Waals surface area contributed by atoms with Gasteiger partial charge in [-0.15, -0.1) is 0 Å². The molecule has 18 heavy (non-hydrogen) atoms. The number of rotatable bonds is 1. The van der Waals surface area contributed by atoms with E-state index in [2.05, 4.69) is 30.6 Å². The molecular formula is C16H30N2. The number of hydrogen-bond acceptors (Lipinski definition) is 2. The van der Waals surface area contributed by atoms with Gasteiger partial charge >= 0.3 is 0 Å². The highest BCUT2D eigenvalue weighted by atomic mass is 15.3. The van der Waals surface area contributed by atoms with Gasteiger partial charge in [0.1, 0.15) is 0 Å². The van der Waals surface area contributed by atoms with Crippen molar-refractivity contribution >= 4 is 0 Å². The Hall–Kier alpha value is -0.0800. The minimum atomic E-state index is 0.775. The first-order chi connectivity index (χ1) is 8.66. The maximum absolute atomic E-state index is 2.88. The molecule has 3 rings (SSSR count). The molecule has 5 unspecified atom stereocenters. The van der Waals surface area contributed by atoms with Crippen LogP contribution in [0, 0.1) is 11.8 Å². The summed E-state index contributed by atoms with van der Waals surface area (Å²) < 4.78 is 0. The largest absolute Gasteiger partial charge is 0.298 e. The molecule has 2 aliphatic heterocycles. The zero-order valence-electron chi connectivity index (χ0n) is 12.4. The standard InChI is InChI=1S/C16H30N2/c1-12-7-8-16(14(12)3)18-11-15-6-4-5-9-17(15)10-13(18)2/h12-16H,4-11H2,1-3H3. The second-order valence-corrected chi connectivity index (χ2v) is 7.17. The second kappa shape index (κ2) is 5.13. The third kappa shape index (κ3) is 2.22. The van der Waals surface area contributed by atoms with Crippen molar-refractivity contribution in [2.75, 3.05) is 19.6 Å². The van der Waals surface area contributed by atoms with E-state index < -0.39 is 0 Å². The summed E-state index contributed by atoms with van der Waals surface area (Å²) in [6.07, 6.45) is 7.22. The number of fused-ring (bicyclic) bond motifs is 1. The fourth-order valence-corrected chi connectivity index (χ4v) is 4.64. The maximum Gasteiger partial charge on any atom is 0.0224 e. The molecule has 0 aromatic carbocycles. The summed E-state index contributed by atoms with van der Waals surface area (Å²) in [6.45, 7) is 11.4. The zero-order valence-corrected chi connectivity index (χ0v) is 12.4. The Morgan fingerprint density at radius 3 is 2.44 bits per heavy atom. The molecule has 5 atom stereocenters. The highest BCUT2D eigenvalue weighted by molar-refractivity contribution is 4.96. The molecule has 0 spiro atoms. The van der Waals surface area contributed by atoms with E-state index in [1.54, 1.807) is 0 Å². The Morgan fingerprint density at radius 1 is 0.889 bits per heavy atom. The number of nitrogens with zero attached hydrogens (tertiary/aromatic N) is 2. The van der Waals surface area contributed by atoms with Crippen molar-refractivity contribution in [3.63, 3.8) is 0 Å². The summed E-state index contributed by atoms with van der Waals surface area (Å²) >= 11 is 0. The minimum absolute atomic E-state index is 0.775. The molecule has 3 aliphatic rings. The van der Waals surface area contributed by atoms with Gasteiger partial charge in [0.15, 0.2) is 0 Å². The third-order valence-corrected chi connectivity index (χ3v) is 6.08. The van der Waals surface area contributed by atoms with Crippen LogP contribution in [0.4, 0.5) is 0 Å². The first-order valence-corrected chi connectivity index (χ1v) is 8.16.